The van der Waals surface area contributed by atoms with Gasteiger partial charge >= 0.3 is 0 Å². The standard InChI is InChI=1S/C19H25NS/c1-3-14-20-18(17-11-10-16(4-2)21-17)19(12-13-19)15-8-6-5-7-9-15/h5-11,18,20H,3-4,12-14H2,1-2H3. The summed E-state index contributed by atoms with van der Waals surface area (Å²) in [6.45, 7) is 5.59. The van der Waals surface area contributed by atoms with Crippen LogP contribution in [0.3, 0.4) is 0 Å². The summed E-state index contributed by atoms with van der Waals surface area (Å²) >= 11 is 1.99. The summed E-state index contributed by atoms with van der Waals surface area (Å²) in [6.07, 6.45) is 4.94. The van der Waals surface area contributed by atoms with Gasteiger partial charge in [0.1, 0.15) is 0 Å². The Morgan fingerprint density at radius 3 is 2.43 bits per heavy atom. The van der Waals surface area contributed by atoms with Gasteiger partial charge in [0.15, 0.2) is 0 Å². The molecule has 1 aliphatic carbocycles. The molecule has 0 amide bonds. The van der Waals surface area contributed by atoms with Crippen molar-refractivity contribution >= 4 is 11.3 Å². The van der Waals surface area contributed by atoms with Crippen LogP contribution < -0.4 is 5.32 Å². The van der Waals surface area contributed by atoms with Gasteiger partial charge in [0.05, 0.1) is 6.04 Å². The Hall–Kier alpha value is -1.12. The molecule has 1 saturated carbocycles. The number of aryl methyl sites for hydroxylation is 1. The zero-order valence-electron chi connectivity index (χ0n) is 13.1. The minimum Gasteiger partial charge on any atom is -0.309 e. The molecule has 1 heterocycles. The van der Waals surface area contributed by atoms with Crippen LogP contribution in [-0.4, -0.2) is 6.54 Å². The lowest BCUT2D eigenvalue weighted by molar-refractivity contribution is 0.435. The molecule has 112 valence electrons. The van der Waals surface area contributed by atoms with Crippen molar-refractivity contribution in [1.29, 1.82) is 0 Å². The lowest BCUT2D eigenvalue weighted by Crippen LogP contribution is -2.32. The van der Waals surface area contributed by atoms with Crippen molar-refractivity contribution in [2.24, 2.45) is 0 Å². The maximum atomic E-state index is 3.83. The Labute approximate surface area is 132 Å². The molecule has 1 unspecified atom stereocenters. The summed E-state index contributed by atoms with van der Waals surface area (Å²) in [5.74, 6) is 0. The number of thiophene rings is 1. The maximum Gasteiger partial charge on any atom is 0.0513 e. The van der Waals surface area contributed by atoms with E-state index in [0.717, 1.165) is 13.0 Å². The van der Waals surface area contributed by atoms with Crippen LogP contribution in [0.25, 0.3) is 0 Å². The Bertz CT molecular complexity index is 568. The molecule has 1 nitrogen and oxygen atoms in total. The summed E-state index contributed by atoms with van der Waals surface area (Å²) in [7, 11) is 0. The van der Waals surface area contributed by atoms with Crippen LogP contribution in [0.5, 0.6) is 0 Å². The van der Waals surface area contributed by atoms with E-state index in [9.17, 15) is 0 Å². The van der Waals surface area contributed by atoms with E-state index in [4.69, 9.17) is 0 Å². The highest BCUT2D eigenvalue weighted by Gasteiger charge is 2.51. The maximum absolute atomic E-state index is 3.83. The molecule has 1 fully saturated rings. The summed E-state index contributed by atoms with van der Waals surface area (Å²) in [4.78, 5) is 3.01. The Balaban J connectivity index is 1.92. The van der Waals surface area contributed by atoms with E-state index in [0.29, 0.717) is 11.5 Å². The highest BCUT2D eigenvalue weighted by atomic mass is 32.1. The van der Waals surface area contributed by atoms with Crippen LogP contribution in [0, 0.1) is 0 Å². The molecule has 2 heteroatoms. The molecule has 0 radical (unpaired) electrons. The van der Waals surface area contributed by atoms with E-state index in [1.54, 1.807) is 0 Å². The molecule has 3 rings (SSSR count). The smallest absolute Gasteiger partial charge is 0.0513 e. The van der Waals surface area contributed by atoms with Gasteiger partial charge in [-0.2, -0.15) is 0 Å². The molecular formula is C19H25NS. The molecule has 0 saturated heterocycles. The first-order valence-electron chi connectivity index (χ1n) is 8.17. The quantitative estimate of drug-likeness (QED) is 0.751. The monoisotopic (exact) mass is 299 g/mol. The summed E-state index contributed by atoms with van der Waals surface area (Å²) in [6, 6.07) is 16.2. The largest absolute Gasteiger partial charge is 0.309 e. The van der Waals surface area contributed by atoms with Crippen molar-refractivity contribution in [3.63, 3.8) is 0 Å². The topological polar surface area (TPSA) is 12.0 Å². The zero-order valence-corrected chi connectivity index (χ0v) is 13.9. The lowest BCUT2D eigenvalue weighted by Gasteiger charge is -2.28. The molecule has 1 aromatic carbocycles. The van der Waals surface area contributed by atoms with Gasteiger partial charge in [-0.15, -0.1) is 11.3 Å². The first-order chi connectivity index (χ1) is 10.3. The normalized spacial score (nSPS) is 17.6. The number of hydrogen-bond acceptors (Lipinski definition) is 2. The second-order valence-electron chi connectivity index (χ2n) is 6.07. The molecule has 1 atom stereocenters. The van der Waals surface area contributed by atoms with Crippen molar-refractivity contribution < 1.29 is 0 Å². The first kappa shape index (κ1) is 14.8. The molecule has 21 heavy (non-hydrogen) atoms. The lowest BCUT2D eigenvalue weighted by atomic mass is 9.87. The van der Waals surface area contributed by atoms with Crippen molar-refractivity contribution in [3.05, 3.63) is 57.8 Å². The summed E-state index contributed by atoms with van der Waals surface area (Å²) in [5, 5.41) is 3.83. The van der Waals surface area contributed by atoms with E-state index in [-0.39, 0.29) is 0 Å². The molecule has 0 spiro atoms. The van der Waals surface area contributed by atoms with E-state index in [1.165, 1.54) is 34.6 Å². The van der Waals surface area contributed by atoms with Crippen LogP contribution in [0.1, 0.15) is 54.5 Å². The number of benzene rings is 1. The van der Waals surface area contributed by atoms with Crippen LogP contribution in [0.4, 0.5) is 0 Å². The average molecular weight is 299 g/mol. The fraction of sp³-hybridized carbons (Fsp3) is 0.474. The summed E-state index contributed by atoms with van der Waals surface area (Å²) < 4.78 is 0. The Morgan fingerprint density at radius 2 is 1.86 bits per heavy atom. The van der Waals surface area contributed by atoms with Gasteiger partial charge in [-0.1, -0.05) is 44.2 Å². The molecular weight excluding hydrogens is 274 g/mol. The second-order valence-corrected chi connectivity index (χ2v) is 7.27. The molecule has 1 aliphatic rings. The van der Waals surface area contributed by atoms with Crippen molar-refractivity contribution in [2.75, 3.05) is 6.54 Å². The molecule has 2 aromatic rings. The molecule has 0 bridgehead atoms. The van der Waals surface area contributed by atoms with Gasteiger partial charge in [0, 0.05) is 15.2 Å². The van der Waals surface area contributed by atoms with E-state index in [2.05, 4.69) is 61.6 Å². The van der Waals surface area contributed by atoms with Crippen LogP contribution in [-0.2, 0) is 11.8 Å². The van der Waals surface area contributed by atoms with Crippen LogP contribution in [0.2, 0.25) is 0 Å². The van der Waals surface area contributed by atoms with Gasteiger partial charge in [0.25, 0.3) is 0 Å². The van der Waals surface area contributed by atoms with Gasteiger partial charge in [-0.05, 0) is 49.9 Å². The predicted molar refractivity (Wildman–Crippen MR) is 92.1 cm³/mol. The third kappa shape index (κ3) is 2.93. The Morgan fingerprint density at radius 1 is 1.10 bits per heavy atom. The van der Waals surface area contributed by atoms with Gasteiger partial charge in [-0.25, -0.2) is 0 Å². The third-order valence-corrected chi connectivity index (χ3v) is 5.90. The molecule has 0 aliphatic heterocycles. The first-order valence-corrected chi connectivity index (χ1v) is 8.99. The average Bonchev–Trinajstić information content (AvgIpc) is 3.20. The van der Waals surface area contributed by atoms with Crippen LogP contribution >= 0.6 is 11.3 Å². The van der Waals surface area contributed by atoms with Gasteiger partial charge in [0.2, 0.25) is 0 Å². The Kier molecular flexibility index (Phi) is 4.46. The number of rotatable bonds is 7. The zero-order chi connectivity index (χ0) is 14.7. The highest BCUT2D eigenvalue weighted by molar-refractivity contribution is 7.12. The predicted octanol–water partition coefficient (Wildman–Crippen LogP) is 5.08. The van der Waals surface area contributed by atoms with Crippen molar-refractivity contribution in [1.82, 2.24) is 5.32 Å². The third-order valence-electron chi connectivity index (χ3n) is 4.60. The van der Waals surface area contributed by atoms with E-state index in [1.807, 2.05) is 11.3 Å². The van der Waals surface area contributed by atoms with Gasteiger partial charge < -0.3 is 5.32 Å². The summed E-state index contributed by atoms with van der Waals surface area (Å²) in [5.41, 5.74) is 1.83. The fourth-order valence-electron chi connectivity index (χ4n) is 3.25. The van der Waals surface area contributed by atoms with E-state index < -0.39 is 0 Å². The fourth-order valence-corrected chi connectivity index (χ4v) is 4.39. The minimum atomic E-state index is 0.326. The van der Waals surface area contributed by atoms with Crippen molar-refractivity contribution in [2.45, 2.75) is 51.0 Å². The van der Waals surface area contributed by atoms with Gasteiger partial charge in [-0.3, -0.25) is 0 Å². The highest BCUT2D eigenvalue weighted by Crippen LogP contribution is 2.57. The molecule has 1 N–H and O–H groups in total. The number of hydrogen-bond donors (Lipinski definition) is 1. The number of nitrogens with one attached hydrogen (secondary N) is 1. The molecule has 1 aromatic heterocycles. The van der Waals surface area contributed by atoms with Crippen LogP contribution in [0.15, 0.2) is 42.5 Å². The minimum absolute atomic E-state index is 0.326. The SMILES string of the molecule is CCCNC(c1ccc(CC)s1)C1(c2ccccc2)CC1. The van der Waals surface area contributed by atoms with Crippen molar-refractivity contribution in [3.8, 4) is 0 Å². The second kappa shape index (κ2) is 6.33. The van der Waals surface area contributed by atoms with E-state index >= 15 is 0 Å².